The number of amides is 1. The van der Waals surface area contributed by atoms with Crippen LogP contribution in [0.5, 0.6) is 0 Å². The summed E-state index contributed by atoms with van der Waals surface area (Å²) in [5.74, 6) is -0.574. The SMILES string of the molecule is O=C(CNS(=O)(=O)c1ccccc1)NN=Cc1ccc(Cl)cc1. The van der Waals surface area contributed by atoms with E-state index in [4.69, 9.17) is 11.6 Å². The number of halogens is 1. The Kier molecular flexibility index (Phi) is 5.86. The lowest BCUT2D eigenvalue weighted by molar-refractivity contribution is -0.119. The molecule has 0 saturated carbocycles. The van der Waals surface area contributed by atoms with Gasteiger partial charge in [-0.05, 0) is 29.8 Å². The predicted molar refractivity (Wildman–Crippen MR) is 88.8 cm³/mol. The fraction of sp³-hybridized carbons (Fsp3) is 0.0667. The first kappa shape index (κ1) is 17.1. The molecule has 0 radical (unpaired) electrons. The summed E-state index contributed by atoms with van der Waals surface area (Å²) in [6, 6.07) is 14.6. The van der Waals surface area contributed by atoms with Gasteiger partial charge in [-0.25, -0.2) is 18.6 Å². The number of nitrogens with one attached hydrogen (secondary N) is 2. The molecule has 0 aliphatic carbocycles. The third kappa shape index (κ3) is 5.48. The van der Waals surface area contributed by atoms with Gasteiger partial charge in [0.2, 0.25) is 10.0 Å². The van der Waals surface area contributed by atoms with E-state index in [-0.39, 0.29) is 4.90 Å². The van der Waals surface area contributed by atoms with E-state index in [0.717, 1.165) is 5.56 Å². The zero-order chi connectivity index (χ0) is 16.7. The fourth-order valence-electron chi connectivity index (χ4n) is 1.61. The highest BCUT2D eigenvalue weighted by Gasteiger charge is 2.14. The van der Waals surface area contributed by atoms with E-state index in [9.17, 15) is 13.2 Å². The van der Waals surface area contributed by atoms with E-state index in [1.807, 2.05) is 0 Å². The molecule has 1 amide bonds. The van der Waals surface area contributed by atoms with Crippen molar-refractivity contribution >= 4 is 33.7 Å². The lowest BCUT2D eigenvalue weighted by Crippen LogP contribution is -2.34. The topological polar surface area (TPSA) is 87.6 Å². The second-order valence-corrected chi connectivity index (χ2v) is 6.69. The monoisotopic (exact) mass is 351 g/mol. The maximum Gasteiger partial charge on any atom is 0.255 e. The Balaban J connectivity index is 1.84. The molecule has 2 N–H and O–H groups in total. The number of hydrogen-bond donors (Lipinski definition) is 2. The summed E-state index contributed by atoms with van der Waals surface area (Å²) < 4.78 is 26.0. The van der Waals surface area contributed by atoms with Gasteiger partial charge in [-0.15, -0.1) is 0 Å². The molecule has 2 rings (SSSR count). The molecule has 0 aromatic heterocycles. The van der Waals surface area contributed by atoms with Crippen molar-refractivity contribution in [2.24, 2.45) is 5.10 Å². The third-order valence-electron chi connectivity index (χ3n) is 2.75. The average molecular weight is 352 g/mol. The van der Waals surface area contributed by atoms with Gasteiger partial charge in [0, 0.05) is 5.02 Å². The second-order valence-electron chi connectivity index (χ2n) is 4.48. The van der Waals surface area contributed by atoms with Gasteiger partial charge >= 0.3 is 0 Å². The van der Waals surface area contributed by atoms with E-state index in [0.29, 0.717) is 5.02 Å². The molecule has 0 aliphatic heterocycles. The molecule has 0 fully saturated rings. The van der Waals surface area contributed by atoms with Crippen LogP contribution in [0, 0.1) is 0 Å². The summed E-state index contributed by atoms with van der Waals surface area (Å²) in [5.41, 5.74) is 2.99. The van der Waals surface area contributed by atoms with Gasteiger partial charge in [-0.3, -0.25) is 4.79 Å². The highest BCUT2D eigenvalue weighted by Crippen LogP contribution is 2.08. The molecule has 6 nitrogen and oxygen atoms in total. The van der Waals surface area contributed by atoms with Crippen LogP contribution in [0.4, 0.5) is 0 Å². The van der Waals surface area contributed by atoms with Gasteiger partial charge < -0.3 is 0 Å². The fourth-order valence-corrected chi connectivity index (χ4v) is 2.74. The number of nitrogens with zero attached hydrogens (tertiary/aromatic N) is 1. The molecule has 0 spiro atoms. The normalized spacial score (nSPS) is 11.5. The van der Waals surface area contributed by atoms with Crippen LogP contribution in [0.25, 0.3) is 0 Å². The smallest absolute Gasteiger partial charge is 0.255 e. The highest BCUT2D eigenvalue weighted by atomic mass is 35.5. The summed E-state index contributed by atoms with van der Waals surface area (Å²) in [7, 11) is -3.71. The second kappa shape index (κ2) is 7.87. The van der Waals surface area contributed by atoms with Crippen LogP contribution in [0.1, 0.15) is 5.56 Å². The minimum absolute atomic E-state index is 0.0949. The highest BCUT2D eigenvalue weighted by molar-refractivity contribution is 7.89. The first-order chi connectivity index (χ1) is 11.0. The van der Waals surface area contributed by atoms with Crippen LogP contribution < -0.4 is 10.1 Å². The Morgan fingerprint density at radius 1 is 1.09 bits per heavy atom. The standard InChI is InChI=1S/C15H14ClN3O3S/c16-13-8-6-12(7-9-13)10-17-19-15(20)11-18-23(21,22)14-4-2-1-3-5-14/h1-10,18H,11H2,(H,19,20). The van der Waals surface area contributed by atoms with Crippen LogP contribution in [0.3, 0.4) is 0 Å². The van der Waals surface area contributed by atoms with Crippen molar-refractivity contribution in [1.82, 2.24) is 10.1 Å². The molecule has 2 aromatic rings. The van der Waals surface area contributed by atoms with Crippen LogP contribution >= 0.6 is 11.6 Å². The number of hydrazone groups is 1. The van der Waals surface area contributed by atoms with E-state index in [1.54, 1.807) is 42.5 Å². The molecule has 23 heavy (non-hydrogen) atoms. The molecule has 0 atom stereocenters. The summed E-state index contributed by atoms with van der Waals surface area (Å²) in [6.45, 7) is -0.408. The minimum atomic E-state index is -3.71. The first-order valence-electron chi connectivity index (χ1n) is 6.59. The molecular formula is C15H14ClN3O3S. The number of rotatable bonds is 6. The molecule has 0 aliphatic rings. The number of hydrogen-bond acceptors (Lipinski definition) is 4. The number of carbonyl (C=O) groups excluding carboxylic acids is 1. The Hall–Kier alpha value is -2.22. The Morgan fingerprint density at radius 2 is 1.74 bits per heavy atom. The maximum atomic E-state index is 11.9. The number of benzene rings is 2. The van der Waals surface area contributed by atoms with Gasteiger partial charge in [-0.1, -0.05) is 41.9 Å². The van der Waals surface area contributed by atoms with E-state index in [2.05, 4.69) is 15.2 Å². The minimum Gasteiger partial charge on any atom is -0.272 e. The van der Waals surface area contributed by atoms with Gasteiger partial charge in [0.15, 0.2) is 0 Å². The van der Waals surface area contributed by atoms with E-state index < -0.39 is 22.5 Å². The molecule has 0 unspecified atom stereocenters. The van der Waals surface area contributed by atoms with E-state index >= 15 is 0 Å². The average Bonchev–Trinajstić information content (AvgIpc) is 2.56. The van der Waals surface area contributed by atoms with Crippen LogP contribution in [0.2, 0.25) is 5.02 Å². The summed E-state index contributed by atoms with van der Waals surface area (Å²) in [5, 5.41) is 4.34. The van der Waals surface area contributed by atoms with Crippen molar-refractivity contribution in [3.63, 3.8) is 0 Å². The number of carbonyl (C=O) groups is 1. The molecular weight excluding hydrogens is 338 g/mol. The van der Waals surface area contributed by atoms with Crippen molar-refractivity contribution in [2.75, 3.05) is 6.54 Å². The van der Waals surface area contributed by atoms with Crippen LogP contribution in [0.15, 0.2) is 64.6 Å². The van der Waals surface area contributed by atoms with Gasteiger partial charge in [0.25, 0.3) is 5.91 Å². The molecule has 0 saturated heterocycles. The van der Waals surface area contributed by atoms with Crippen LogP contribution in [-0.4, -0.2) is 27.1 Å². The van der Waals surface area contributed by atoms with Gasteiger partial charge in [0.1, 0.15) is 0 Å². The Morgan fingerprint density at radius 3 is 2.39 bits per heavy atom. The zero-order valence-corrected chi connectivity index (χ0v) is 13.5. The van der Waals surface area contributed by atoms with Crippen molar-refractivity contribution in [3.8, 4) is 0 Å². The molecule has 8 heteroatoms. The molecule has 0 heterocycles. The van der Waals surface area contributed by atoms with Gasteiger partial charge in [0.05, 0.1) is 17.7 Å². The predicted octanol–water partition coefficient (Wildman–Crippen LogP) is 1.77. The van der Waals surface area contributed by atoms with Crippen molar-refractivity contribution in [1.29, 1.82) is 0 Å². The third-order valence-corrected chi connectivity index (χ3v) is 4.42. The summed E-state index contributed by atoms with van der Waals surface area (Å²) >= 11 is 5.75. The largest absolute Gasteiger partial charge is 0.272 e. The quantitative estimate of drug-likeness (QED) is 0.614. The number of sulfonamides is 1. The van der Waals surface area contributed by atoms with Crippen molar-refractivity contribution < 1.29 is 13.2 Å². The van der Waals surface area contributed by atoms with Crippen molar-refractivity contribution in [2.45, 2.75) is 4.90 Å². The Bertz CT molecular complexity index is 790. The van der Waals surface area contributed by atoms with E-state index in [1.165, 1.54) is 18.3 Å². The lowest BCUT2D eigenvalue weighted by atomic mass is 10.2. The lowest BCUT2D eigenvalue weighted by Gasteiger charge is -2.05. The summed E-state index contributed by atoms with van der Waals surface area (Å²) in [6.07, 6.45) is 1.43. The van der Waals surface area contributed by atoms with Crippen molar-refractivity contribution in [3.05, 3.63) is 65.2 Å². The molecule has 120 valence electrons. The van der Waals surface area contributed by atoms with Crippen LogP contribution in [-0.2, 0) is 14.8 Å². The van der Waals surface area contributed by atoms with Gasteiger partial charge in [-0.2, -0.15) is 5.10 Å². The summed E-state index contributed by atoms with van der Waals surface area (Å²) in [4.78, 5) is 11.7. The Labute approximate surface area is 139 Å². The maximum absolute atomic E-state index is 11.9. The first-order valence-corrected chi connectivity index (χ1v) is 8.46. The molecule has 0 bridgehead atoms. The molecule has 2 aromatic carbocycles. The zero-order valence-electron chi connectivity index (χ0n) is 11.9.